The molecule has 3 heteroatoms. The summed E-state index contributed by atoms with van der Waals surface area (Å²) in [7, 11) is 0. The second-order valence-electron chi connectivity index (χ2n) is 8.38. The molecule has 0 unspecified atom stereocenters. The molecule has 0 saturated carbocycles. The highest BCUT2D eigenvalue weighted by atomic mass is 16.5. The number of hydrogen-bond acceptors (Lipinski definition) is 2. The van der Waals surface area contributed by atoms with Crippen LogP contribution in [0.5, 0.6) is 0 Å². The Labute approximate surface area is 183 Å². The quantitative estimate of drug-likeness (QED) is 0.108. The molecule has 0 heterocycles. The molecule has 0 aliphatic heterocycles. The number of carbonyl (C=O) groups is 1. The Hall–Kier alpha value is -0.985. The van der Waals surface area contributed by atoms with Gasteiger partial charge in [-0.15, -0.1) is 0 Å². The van der Waals surface area contributed by atoms with E-state index in [1.807, 2.05) is 0 Å². The number of allylic oxidation sites excluding steroid dienone is 4. The van der Waals surface area contributed by atoms with Crippen LogP contribution in [0.2, 0.25) is 12.6 Å². The van der Waals surface area contributed by atoms with Crippen molar-refractivity contribution in [2.45, 2.75) is 136 Å². The molecule has 0 aromatic heterocycles. The Bertz CT molecular complexity index is 396. The van der Waals surface area contributed by atoms with E-state index in [2.05, 4.69) is 45.1 Å². The predicted octanol–water partition coefficient (Wildman–Crippen LogP) is 8.93. The molecule has 0 aromatic carbocycles. The van der Waals surface area contributed by atoms with Gasteiger partial charge in [0.05, 0.1) is 0 Å². The van der Waals surface area contributed by atoms with Gasteiger partial charge in [0.2, 0.25) is 0 Å². The molecule has 0 aliphatic rings. The van der Waals surface area contributed by atoms with Crippen LogP contribution in [0, 0.1) is 0 Å². The molecule has 0 amide bonds. The van der Waals surface area contributed by atoms with E-state index in [-0.39, 0.29) is 12.9 Å². The number of rotatable bonds is 21. The van der Waals surface area contributed by atoms with Crippen molar-refractivity contribution in [1.29, 1.82) is 0 Å². The van der Waals surface area contributed by atoms with Crippen LogP contribution >= 0.6 is 0 Å². The van der Waals surface area contributed by atoms with Gasteiger partial charge in [-0.2, -0.15) is 0 Å². The molecule has 0 rings (SSSR count). The summed E-state index contributed by atoms with van der Waals surface area (Å²) < 4.78 is 5.72. The molecule has 0 N–H and O–H groups in total. The third kappa shape index (κ3) is 21.5. The van der Waals surface area contributed by atoms with E-state index in [0.29, 0.717) is 6.42 Å². The van der Waals surface area contributed by atoms with Crippen LogP contribution < -0.4 is 0 Å². The van der Waals surface area contributed by atoms with E-state index in [0.717, 1.165) is 44.7 Å². The summed E-state index contributed by atoms with van der Waals surface area (Å²) >= 11 is 0. The zero-order valence-electron chi connectivity index (χ0n) is 19.9. The van der Waals surface area contributed by atoms with E-state index in [1.54, 1.807) is 0 Å². The zero-order chi connectivity index (χ0) is 21.4. The topological polar surface area (TPSA) is 26.3 Å². The SMILES string of the molecule is CCCCC/C=C\C/C=C\CCCCCCCC(=O)OB(CCCC)CCCC. The highest BCUT2D eigenvalue weighted by Crippen LogP contribution is 2.14. The fraction of sp³-hybridized carbons (Fsp3) is 0.808. The van der Waals surface area contributed by atoms with Crippen molar-refractivity contribution in [3.05, 3.63) is 24.3 Å². The molecule has 0 bridgehead atoms. The molecule has 0 atom stereocenters. The van der Waals surface area contributed by atoms with Crippen molar-refractivity contribution in [1.82, 2.24) is 0 Å². The standard InChI is InChI=1S/C26H49BO2/c1-4-7-10-11-12-13-14-15-16-17-18-19-20-21-22-23-26(28)29-27(24-8-5-2)25-9-6-3/h12-13,15-16H,4-11,14,17-25H2,1-3H3/b13-12-,16-15-. The molecule has 29 heavy (non-hydrogen) atoms. The predicted molar refractivity (Wildman–Crippen MR) is 131 cm³/mol. The molecular weight excluding hydrogens is 355 g/mol. The summed E-state index contributed by atoms with van der Waals surface area (Å²) in [6, 6.07) is 0. The lowest BCUT2D eigenvalue weighted by Gasteiger charge is -2.14. The Kier molecular flexibility index (Phi) is 22.5. The van der Waals surface area contributed by atoms with Gasteiger partial charge in [-0.1, -0.05) is 103 Å². The van der Waals surface area contributed by atoms with Crippen molar-refractivity contribution in [2.24, 2.45) is 0 Å². The molecular formula is C26H49BO2. The summed E-state index contributed by atoms with van der Waals surface area (Å²) in [4.78, 5) is 12.1. The van der Waals surface area contributed by atoms with Crippen LogP contribution in [-0.2, 0) is 9.45 Å². The number of hydrogen-bond donors (Lipinski definition) is 0. The van der Waals surface area contributed by atoms with Crippen LogP contribution in [0.4, 0.5) is 0 Å². The molecule has 0 radical (unpaired) electrons. The fourth-order valence-electron chi connectivity index (χ4n) is 3.45. The lowest BCUT2D eigenvalue weighted by atomic mass is 9.59. The van der Waals surface area contributed by atoms with Crippen LogP contribution in [0.1, 0.15) is 124 Å². The highest BCUT2D eigenvalue weighted by Gasteiger charge is 2.19. The molecule has 0 aliphatic carbocycles. The van der Waals surface area contributed by atoms with Gasteiger partial charge in [0, 0.05) is 6.42 Å². The average Bonchev–Trinajstić information content (AvgIpc) is 2.72. The van der Waals surface area contributed by atoms with Gasteiger partial charge in [0.1, 0.15) is 0 Å². The van der Waals surface area contributed by atoms with Crippen molar-refractivity contribution in [3.8, 4) is 0 Å². The minimum Gasteiger partial charge on any atom is -0.536 e. The largest absolute Gasteiger partial charge is 0.536 e. The minimum absolute atomic E-state index is 0.0212. The maximum absolute atomic E-state index is 12.1. The van der Waals surface area contributed by atoms with E-state index >= 15 is 0 Å². The Morgan fingerprint density at radius 3 is 1.76 bits per heavy atom. The maximum Gasteiger partial charge on any atom is 0.361 e. The highest BCUT2D eigenvalue weighted by molar-refractivity contribution is 6.53. The smallest absolute Gasteiger partial charge is 0.361 e. The minimum atomic E-state index is 0.0212. The first-order valence-corrected chi connectivity index (χ1v) is 12.7. The summed E-state index contributed by atoms with van der Waals surface area (Å²) in [6.45, 7) is 6.79. The summed E-state index contributed by atoms with van der Waals surface area (Å²) in [5.41, 5.74) is 0. The molecule has 0 saturated heterocycles. The van der Waals surface area contributed by atoms with Gasteiger partial charge in [-0.3, -0.25) is 4.79 Å². The van der Waals surface area contributed by atoms with E-state index in [9.17, 15) is 4.79 Å². The third-order valence-corrected chi connectivity index (χ3v) is 5.39. The van der Waals surface area contributed by atoms with Crippen LogP contribution in [-0.4, -0.2) is 12.9 Å². The van der Waals surface area contributed by atoms with E-state index in [4.69, 9.17) is 4.65 Å². The first kappa shape index (κ1) is 28.0. The fourth-order valence-corrected chi connectivity index (χ4v) is 3.45. The lowest BCUT2D eigenvalue weighted by molar-refractivity contribution is -0.135. The van der Waals surface area contributed by atoms with Gasteiger partial charge in [0.25, 0.3) is 5.97 Å². The first-order chi connectivity index (χ1) is 14.2. The Morgan fingerprint density at radius 2 is 1.17 bits per heavy atom. The zero-order valence-corrected chi connectivity index (χ0v) is 19.9. The van der Waals surface area contributed by atoms with Crippen LogP contribution in [0.25, 0.3) is 0 Å². The molecule has 168 valence electrons. The summed E-state index contributed by atoms with van der Waals surface area (Å²) in [5.74, 6) is 0.0212. The molecule has 0 fully saturated rings. The van der Waals surface area contributed by atoms with Gasteiger partial charge in [0.15, 0.2) is 0 Å². The monoisotopic (exact) mass is 404 g/mol. The van der Waals surface area contributed by atoms with Gasteiger partial charge >= 0.3 is 6.92 Å². The van der Waals surface area contributed by atoms with Crippen LogP contribution in [0.3, 0.4) is 0 Å². The van der Waals surface area contributed by atoms with Crippen LogP contribution in [0.15, 0.2) is 24.3 Å². The summed E-state index contributed by atoms with van der Waals surface area (Å²) in [5, 5.41) is 0. The Balaban J connectivity index is 3.56. The number of unbranched alkanes of at least 4 members (excludes halogenated alkanes) is 10. The maximum atomic E-state index is 12.1. The summed E-state index contributed by atoms with van der Waals surface area (Å²) in [6.07, 6.45) is 29.9. The van der Waals surface area contributed by atoms with E-state index < -0.39 is 0 Å². The van der Waals surface area contributed by atoms with E-state index in [1.165, 1.54) is 64.2 Å². The average molecular weight is 404 g/mol. The van der Waals surface area contributed by atoms with Gasteiger partial charge in [-0.05, 0) is 51.2 Å². The third-order valence-electron chi connectivity index (χ3n) is 5.39. The normalized spacial score (nSPS) is 11.6. The second kappa shape index (κ2) is 23.3. The lowest BCUT2D eigenvalue weighted by Crippen LogP contribution is -2.22. The first-order valence-electron chi connectivity index (χ1n) is 12.7. The molecule has 0 aromatic rings. The number of carbonyl (C=O) groups excluding carboxylic acids is 1. The van der Waals surface area contributed by atoms with Crippen molar-refractivity contribution in [2.75, 3.05) is 0 Å². The van der Waals surface area contributed by atoms with Crippen molar-refractivity contribution < 1.29 is 9.45 Å². The van der Waals surface area contributed by atoms with Gasteiger partial charge < -0.3 is 4.65 Å². The Morgan fingerprint density at radius 1 is 0.655 bits per heavy atom. The van der Waals surface area contributed by atoms with Crippen molar-refractivity contribution >= 4 is 12.9 Å². The van der Waals surface area contributed by atoms with Crippen molar-refractivity contribution in [3.63, 3.8) is 0 Å². The molecule has 0 spiro atoms. The molecule has 2 nitrogen and oxygen atoms in total. The second-order valence-corrected chi connectivity index (χ2v) is 8.38. The van der Waals surface area contributed by atoms with Gasteiger partial charge in [-0.25, -0.2) is 0 Å².